The first-order chi connectivity index (χ1) is 8.56. The highest BCUT2D eigenvalue weighted by Crippen LogP contribution is 2.21. The summed E-state index contributed by atoms with van der Waals surface area (Å²) in [6, 6.07) is 6.22. The summed E-state index contributed by atoms with van der Waals surface area (Å²) < 4.78 is 13.5. The molecule has 1 aliphatic rings. The Hall–Kier alpha value is -1.22. The zero-order valence-corrected chi connectivity index (χ0v) is 11.0. The second-order valence-corrected chi connectivity index (χ2v) is 5.54. The molecule has 1 aromatic carbocycles. The van der Waals surface area contributed by atoms with E-state index < -0.39 is 5.82 Å². The molecule has 1 saturated heterocycles. The standard InChI is InChI=1S/C15H20FNO/c1-11-7-12(2)9-17(8-11)10-15(18)13-5-3-4-6-14(13)16/h3-6,11-12H,7-10H2,1-2H3. The van der Waals surface area contributed by atoms with Crippen LogP contribution in [0.4, 0.5) is 4.39 Å². The fourth-order valence-electron chi connectivity index (χ4n) is 2.90. The monoisotopic (exact) mass is 249 g/mol. The lowest BCUT2D eigenvalue weighted by Gasteiger charge is -2.34. The van der Waals surface area contributed by atoms with Crippen molar-refractivity contribution in [2.75, 3.05) is 19.6 Å². The fourth-order valence-corrected chi connectivity index (χ4v) is 2.90. The molecule has 0 amide bonds. The van der Waals surface area contributed by atoms with Crippen LogP contribution in [0.2, 0.25) is 0 Å². The van der Waals surface area contributed by atoms with Crippen LogP contribution in [0.1, 0.15) is 30.6 Å². The topological polar surface area (TPSA) is 20.3 Å². The first-order valence-electron chi connectivity index (χ1n) is 6.56. The molecule has 18 heavy (non-hydrogen) atoms. The van der Waals surface area contributed by atoms with Gasteiger partial charge in [0.2, 0.25) is 0 Å². The molecule has 2 rings (SSSR count). The van der Waals surface area contributed by atoms with Crippen LogP contribution in [0.3, 0.4) is 0 Å². The molecular weight excluding hydrogens is 229 g/mol. The van der Waals surface area contributed by atoms with E-state index in [4.69, 9.17) is 0 Å². The maximum absolute atomic E-state index is 13.5. The van der Waals surface area contributed by atoms with E-state index in [9.17, 15) is 9.18 Å². The molecule has 1 fully saturated rings. The van der Waals surface area contributed by atoms with Gasteiger partial charge in [-0.25, -0.2) is 4.39 Å². The van der Waals surface area contributed by atoms with Crippen LogP contribution in [-0.4, -0.2) is 30.3 Å². The van der Waals surface area contributed by atoms with E-state index in [-0.39, 0.29) is 11.3 Å². The number of carbonyl (C=O) groups excluding carboxylic acids is 1. The first-order valence-corrected chi connectivity index (χ1v) is 6.56. The van der Waals surface area contributed by atoms with Gasteiger partial charge in [-0.3, -0.25) is 9.69 Å². The molecule has 1 aliphatic heterocycles. The van der Waals surface area contributed by atoms with Crippen molar-refractivity contribution in [2.45, 2.75) is 20.3 Å². The highest BCUT2D eigenvalue weighted by molar-refractivity contribution is 5.97. The molecule has 0 radical (unpaired) electrons. The predicted octanol–water partition coefficient (Wildman–Crippen LogP) is 2.99. The third kappa shape index (κ3) is 3.16. The second kappa shape index (κ2) is 5.61. The average Bonchev–Trinajstić information content (AvgIpc) is 2.27. The second-order valence-electron chi connectivity index (χ2n) is 5.54. The van der Waals surface area contributed by atoms with Crippen LogP contribution in [0.5, 0.6) is 0 Å². The lowest BCUT2D eigenvalue weighted by molar-refractivity contribution is 0.0846. The molecule has 0 spiro atoms. The number of benzene rings is 1. The molecular formula is C15H20FNO. The molecule has 0 bridgehead atoms. The van der Waals surface area contributed by atoms with Gasteiger partial charge in [0.25, 0.3) is 0 Å². The van der Waals surface area contributed by atoms with Gasteiger partial charge in [-0.1, -0.05) is 26.0 Å². The smallest absolute Gasteiger partial charge is 0.179 e. The summed E-state index contributed by atoms with van der Waals surface area (Å²) in [6.45, 7) is 6.61. The number of Topliss-reactive ketones (excluding diaryl/α,β-unsaturated/α-hetero) is 1. The van der Waals surface area contributed by atoms with Gasteiger partial charge < -0.3 is 0 Å². The number of nitrogens with zero attached hydrogens (tertiary/aromatic N) is 1. The number of carbonyl (C=O) groups is 1. The van der Waals surface area contributed by atoms with Crippen molar-refractivity contribution in [2.24, 2.45) is 11.8 Å². The minimum Gasteiger partial charge on any atom is -0.295 e. The largest absolute Gasteiger partial charge is 0.295 e. The molecule has 98 valence electrons. The third-order valence-corrected chi connectivity index (χ3v) is 3.49. The summed E-state index contributed by atoms with van der Waals surface area (Å²) in [6.07, 6.45) is 1.21. The Kier molecular flexibility index (Phi) is 4.12. The van der Waals surface area contributed by atoms with Crippen LogP contribution in [0.25, 0.3) is 0 Å². The Bertz CT molecular complexity index is 422. The average molecular weight is 249 g/mol. The van der Waals surface area contributed by atoms with Gasteiger partial charge >= 0.3 is 0 Å². The Balaban J connectivity index is 2.01. The summed E-state index contributed by atoms with van der Waals surface area (Å²) in [5, 5.41) is 0. The van der Waals surface area contributed by atoms with Crippen LogP contribution >= 0.6 is 0 Å². The molecule has 0 aliphatic carbocycles. The Morgan fingerprint density at radius 2 is 1.89 bits per heavy atom. The summed E-state index contributed by atoms with van der Waals surface area (Å²) in [5.41, 5.74) is 0.211. The van der Waals surface area contributed by atoms with E-state index in [1.165, 1.54) is 12.5 Å². The van der Waals surface area contributed by atoms with Crippen LogP contribution in [0, 0.1) is 17.7 Å². The SMILES string of the molecule is CC1CC(C)CN(CC(=O)c2ccccc2F)C1. The fraction of sp³-hybridized carbons (Fsp3) is 0.533. The van der Waals surface area contributed by atoms with Crippen molar-refractivity contribution in [3.05, 3.63) is 35.6 Å². The normalized spacial score (nSPS) is 25.1. The molecule has 0 aromatic heterocycles. The quantitative estimate of drug-likeness (QED) is 0.768. The molecule has 0 saturated carbocycles. The third-order valence-electron chi connectivity index (χ3n) is 3.49. The van der Waals surface area contributed by atoms with Gasteiger partial charge in [-0.15, -0.1) is 0 Å². The van der Waals surface area contributed by atoms with Crippen molar-refractivity contribution in [3.8, 4) is 0 Å². The molecule has 2 atom stereocenters. The molecule has 1 heterocycles. The lowest BCUT2D eigenvalue weighted by Crippen LogP contribution is -2.41. The Labute approximate surface area is 108 Å². The number of likely N-dealkylation sites (tertiary alicyclic amines) is 1. The summed E-state index contributed by atoms with van der Waals surface area (Å²) in [4.78, 5) is 14.2. The molecule has 2 unspecified atom stereocenters. The molecule has 3 heteroatoms. The minimum absolute atomic E-state index is 0.116. The van der Waals surface area contributed by atoms with Gasteiger partial charge in [0.05, 0.1) is 12.1 Å². The maximum atomic E-state index is 13.5. The van der Waals surface area contributed by atoms with Gasteiger partial charge in [0, 0.05) is 13.1 Å². The first kappa shape index (κ1) is 13.2. The van der Waals surface area contributed by atoms with Gasteiger partial charge in [0.1, 0.15) is 5.82 Å². The van der Waals surface area contributed by atoms with Crippen LogP contribution in [-0.2, 0) is 0 Å². The molecule has 2 nitrogen and oxygen atoms in total. The van der Waals surface area contributed by atoms with E-state index in [2.05, 4.69) is 18.7 Å². The highest BCUT2D eigenvalue weighted by Gasteiger charge is 2.24. The van der Waals surface area contributed by atoms with E-state index in [1.54, 1.807) is 18.2 Å². The zero-order valence-electron chi connectivity index (χ0n) is 11.0. The van der Waals surface area contributed by atoms with Crippen LogP contribution < -0.4 is 0 Å². The number of halogens is 1. The minimum atomic E-state index is -0.416. The lowest BCUT2D eigenvalue weighted by atomic mass is 9.91. The molecule has 1 aromatic rings. The Morgan fingerprint density at radius 1 is 1.28 bits per heavy atom. The van der Waals surface area contributed by atoms with Crippen LogP contribution in [0.15, 0.2) is 24.3 Å². The number of piperidine rings is 1. The molecule has 0 N–H and O–H groups in total. The summed E-state index contributed by atoms with van der Waals surface area (Å²) in [7, 11) is 0. The van der Waals surface area contributed by atoms with Gasteiger partial charge in [0.15, 0.2) is 5.78 Å². The van der Waals surface area contributed by atoms with Crippen molar-refractivity contribution < 1.29 is 9.18 Å². The maximum Gasteiger partial charge on any atom is 0.179 e. The number of ketones is 1. The van der Waals surface area contributed by atoms with E-state index >= 15 is 0 Å². The predicted molar refractivity (Wildman–Crippen MR) is 70.1 cm³/mol. The van der Waals surface area contributed by atoms with E-state index in [0.717, 1.165) is 13.1 Å². The number of hydrogen-bond acceptors (Lipinski definition) is 2. The van der Waals surface area contributed by atoms with Crippen molar-refractivity contribution in [3.63, 3.8) is 0 Å². The van der Waals surface area contributed by atoms with Gasteiger partial charge in [-0.2, -0.15) is 0 Å². The van der Waals surface area contributed by atoms with Crippen molar-refractivity contribution in [1.29, 1.82) is 0 Å². The zero-order chi connectivity index (χ0) is 13.1. The van der Waals surface area contributed by atoms with E-state index in [0.29, 0.717) is 18.4 Å². The van der Waals surface area contributed by atoms with Gasteiger partial charge in [-0.05, 0) is 30.4 Å². The summed E-state index contributed by atoms with van der Waals surface area (Å²) in [5.74, 6) is 0.694. The highest BCUT2D eigenvalue weighted by atomic mass is 19.1. The van der Waals surface area contributed by atoms with Crippen molar-refractivity contribution in [1.82, 2.24) is 4.90 Å². The summed E-state index contributed by atoms with van der Waals surface area (Å²) >= 11 is 0. The number of hydrogen-bond donors (Lipinski definition) is 0. The van der Waals surface area contributed by atoms with E-state index in [1.807, 2.05) is 0 Å². The number of rotatable bonds is 3. The Morgan fingerprint density at radius 3 is 2.50 bits per heavy atom. The van der Waals surface area contributed by atoms with Crippen molar-refractivity contribution >= 4 is 5.78 Å².